The Morgan fingerprint density at radius 2 is 1.83 bits per heavy atom. The van der Waals surface area contributed by atoms with E-state index in [1.807, 2.05) is 18.2 Å². The molecule has 1 heterocycles. The largest absolute Gasteiger partial charge is 0.380 e. The van der Waals surface area contributed by atoms with Gasteiger partial charge in [-0.15, -0.1) is 0 Å². The summed E-state index contributed by atoms with van der Waals surface area (Å²) in [6.07, 6.45) is -0.0682. The minimum absolute atomic E-state index is 0.0132. The van der Waals surface area contributed by atoms with E-state index in [2.05, 4.69) is 0 Å². The first-order valence-corrected chi connectivity index (χ1v) is 9.59. The van der Waals surface area contributed by atoms with Crippen molar-refractivity contribution in [2.45, 2.75) is 18.3 Å². The Morgan fingerprint density at radius 3 is 2.38 bits per heavy atom. The molecule has 1 aliphatic heterocycles. The highest BCUT2D eigenvalue weighted by Gasteiger charge is 2.29. The van der Waals surface area contributed by atoms with Crippen molar-refractivity contribution in [2.24, 2.45) is 5.73 Å². The third-order valence-corrected chi connectivity index (χ3v) is 6.03. The zero-order chi connectivity index (χ0) is 17.6. The van der Waals surface area contributed by atoms with Crippen LogP contribution in [0.1, 0.15) is 12.0 Å². The van der Waals surface area contributed by atoms with Gasteiger partial charge >= 0.3 is 0 Å². The predicted molar refractivity (Wildman–Crippen MR) is 91.7 cm³/mol. The summed E-state index contributed by atoms with van der Waals surface area (Å²) in [4.78, 5) is 13.9. The van der Waals surface area contributed by atoms with Crippen molar-refractivity contribution in [2.75, 3.05) is 39.8 Å². The number of amides is 1. The van der Waals surface area contributed by atoms with Gasteiger partial charge in [-0.25, -0.2) is 8.42 Å². The Kier molecular flexibility index (Phi) is 6.73. The second kappa shape index (κ2) is 8.57. The first kappa shape index (κ1) is 18.9. The summed E-state index contributed by atoms with van der Waals surface area (Å²) in [6.45, 7) is 1.72. The molecule has 1 aliphatic rings. The fourth-order valence-corrected chi connectivity index (χ4v) is 4.19. The summed E-state index contributed by atoms with van der Waals surface area (Å²) in [5.74, 6) is -0.0619. The average Bonchev–Trinajstić information content (AvgIpc) is 2.60. The smallest absolute Gasteiger partial charge is 0.225 e. The predicted octanol–water partition coefficient (Wildman–Crippen LogP) is 0.0244. The fraction of sp³-hybridized carbons (Fsp3) is 0.562. The molecule has 0 bridgehead atoms. The molecule has 1 fully saturated rings. The summed E-state index contributed by atoms with van der Waals surface area (Å²) in [5, 5.41) is 0. The Labute approximate surface area is 143 Å². The molecule has 1 aromatic rings. The molecular formula is C16H25N3O4S. The molecule has 24 heavy (non-hydrogen) atoms. The molecule has 0 aliphatic carbocycles. The van der Waals surface area contributed by atoms with E-state index >= 15 is 0 Å². The number of hydrogen-bond donors (Lipinski definition) is 1. The molecule has 7 nitrogen and oxygen atoms in total. The van der Waals surface area contributed by atoms with Crippen molar-refractivity contribution in [3.63, 3.8) is 0 Å². The van der Waals surface area contributed by atoms with Crippen molar-refractivity contribution in [3.8, 4) is 0 Å². The molecule has 2 N–H and O–H groups in total. The lowest BCUT2D eigenvalue weighted by atomic mass is 10.2. The minimum Gasteiger partial charge on any atom is -0.380 e. The lowest BCUT2D eigenvalue weighted by molar-refractivity contribution is -0.134. The number of nitrogens with zero attached hydrogens (tertiary/aromatic N) is 2. The number of rotatable bonds is 7. The standard InChI is InChI=1S/C16H25N3O4S/c1-23-15(12-17)11-16(20)18-7-9-19(10-8-18)24(21,22)13-14-5-3-2-4-6-14/h2-6,15H,7-13,17H2,1H3. The summed E-state index contributed by atoms with van der Waals surface area (Å²) in [5.41, 5.74) is 6.30. The minimum atomic E-state index is -3.37. The summed E-state index contributed by atoms with van der Waals surface area (Å²) >= 11 is 0. The molecule has 1 aromatic carbocycles. The van der Waals surface area contributed by atoms with Gasteiger partial charge in [0.05, 0.1) is 18.3 Å². The normalized spacial score (nSPS) is 17.7. The molecule has 134 valence electrons. The van der Waals surface area contributed by atoms with Crippen molar-refractivity contribution < 1.29 is 17.9 Å². The highest BCUT2D eigenvalue weighted by molar-refractivity contribution is 7.88. The van der Waals surface area contributed by atoms with Gasteiger partial charge in [-0.1, -0.05) is 30.3 Å². The van der Waals surface area contributed by atoms with Crippen LogP contribution < -0.4 is 5.73 Å². The van der Waals surface area contributed by atoms with Crippen LogP contribution in [0.4, 0.5) is 0 Å². The third kappa shape index (κ3) is 5.01. The topological polar surface area (TPSA) is 92.9 Å². The third-order valence-electron chi connectivity index (χ3n) is 4.18. The van der Waals surface area contributed by atoms with Crippen LogP contribution in [-0.4, -0.2) is 69.5 Å². The first-order chi connectivity index (χ1) is 11.5. The van der Waals surface area contributed by atoms with E-state index < -0.39 is 10.0 Å². The maximum absolute atomic E-state index is 12.5. The average molecular weight is 355 g/mol. The molecule has 1 saturated heterocycles. The van der Waals surface area contributed by atoms with E-state index in [-0.39, 0.29) is 30.7 Å². The van der Waals surface area contributed by atoms with Crippen molar-refractivity contribution in [1.82, 2.24) is 9.21 Å². The van der Waals surface area contributed by atoms with Crippen molar-refractivity contribution in [3.05, 3.63) is 35.9 Å². The maximum Gasteiger partial charge on any atom is 0.225 e. The van der Waals surface area contributed by atoms with Gasteiger partial charge in [0, 0.05) is 39.8 Å². The summed E-state index contributed by atoms with van der Waals surface area (Å²) in [7, 11) is -1.84. The number of carbonyl (C=O) groups is 1. The van der Waals surface area contributed by atoms with Crippen LogP contribution in [0, 0.1) is 0 Å². The van der Waals surface area contributed by atoms with Gasteiger partial charge in [-0.2, -0.15) is 4.31 Å². The molecule has 2 rings (SSSR count). The maximum atomic E-state index is 12.5. The van der Waals surface area contributed by atoms with Crippen LogP contribution in [-0.2, 0) is 25.3 Å². The van der Waals surface area contributed by atoms with Crippen LogP contribution in [0.25, 0.3) is 0 Å². The molecule has 0 aromatic heterocycles. The summed E-state index contributed by atoms with van der Waals surface area (Å²) in [6, 6.07) is 9.11. The Hall–Kier alpha value is -1.48. The quantitative estimate of drug-likeness (QED) is 0.745. The van der Waals surface area contributed by atoms with Crippen LogP contribution in [0.3, 0.4) is 0 Å². The highest BCUT2D eigenvalue weighted by Crippen LogP contribution is 2.14. The van der Waals surface area contributed by atoms with Crippen LogP contribution in [0.2, 0.25) is 0 Å². The molecule has 1 atom stereocenters. The van der Waals surface area contributed by atoms with E-state index in [0.717, 1.165) is 5.56 Å². The van der Waals surface area contributed by atoms with Crippen LogP contribution in [0.15, 0.2) is 30.3 Å². The Morgan fingerprint density at radius 1 is 1.21 bits per heavy atom. The van der Waals surface area contributed by atoms with Crippen LogP contribution in [0.5, 0.6) is 0 Å². The number of sulfonamides is 1. The molecular weight excluding hydrogens is 330 g/mol. The lowest BCUT2D eigenvalue weighted by Crippen LogP contribution is -2.51. The van der Waals surface area contributed by atoms with Crippen molar-refractivity contribution >= 4 is 15.9 Å². The van der Waals surface area contributed by atoms with E-state index in [0.29, 0.717) is 26.2 Å². The molecule has 1 amide bonds. The zero-order valence-corrected chi connectivity index (χ0v) is 14.7. The van der Waals surface area contributed by atoms with Gasteiger partial charge in [-0.05, 0) is 5.56 Å². The number of carbonyl (C=O) groups excluding carboxylic acids is 1. The lowest BCUT2D eigenvalue weighted by Gasteiger charge is -2.34. The number of hydrogen-bond acceptors (Lipinski definition) is 5. The SMILES string of the molecule is COC(CN)CC(=O)N1CCN(S(=O)(=O)Cc2ccccc2)CC1. The number of nitrogens with two attached hydrogens (primary N) is 1. The van der Waals surface area contributed by atoms with E-state index in [4.69, 9.17) is 10.5 Å². The second-order valence-electron chi connectivity index (χ2n) is 5.82. The second-order valence-corrected chi connectivity index (χ2v) is 7.79. The van der Waals surface area contributed by atoms with E-state index in [9.17, 15) is 13.2 Å². The molecule has 0 saturated carbocycles. The number of ether oxygens (including phenoxy) is 1. The number of benzene rings is 1. The van der Waals surface area contributed by atoms with Gasteiger partial charge < -0.3 is 15.4 Å². The Balaban J connectivity index is 1.88. The van der Waals surface area contributed by atoms with E-state index in [1.165, 1.54) is 11.4 Å². The summed E-state index contributed by atoms with van der Waals surface area (Å²) < 4.78 is 31.6. The molecule has 8 heteroatoms. The van der Waals surface area contributed by atoms with Gasteiger partial charge in [0.25, 0.3) is 0 Å². The number of piperazine rings is 1. The molecule has 0 radical (unpaired) electrons. The fourth-order valence-electron chi connectivity index (χ4n) is 2.68. The van der Waals surface area contributed by atoms with Crippen molar-refractivity contribution in [1.29, 1.82) is 0 Å². The molecule has 0 spiro atoms. The van der Waals surface area contributed by atoms with Crippen LogP contribution >= 0.6 is 0 Å². The van der Waals surface area contributed by atoms with Gasteiger partial charge in [0.15, 0.2) is 0 Å². The monoisotopic (exact) mass is 355 g/mol. The molecule has 1 unspecified atom stereocenters. The Bertz CT molecular complexity index is 624. The van der Waals surface area contributed by atoms with E-state index in [1.54, 1.807) is 17.0 Å². The highest BCUT2D eigenvalue weighted by atomic mass is 32.2. The van der Waals surface area contributed by atoms with Gasteiger partial charge in [-0.3, -0.25) is 4.79 Å². The number of methoxy groups -OCH3 is 1. The first-order valence-electron chi connectivity index (χ1n) is 7.98. The van der Waals surface area contributed by atoms with Gasteiger partial charge in [0.2, 0.25) is 15.9 Å². The van der Waals surface area contributed by atoms with Gasteiger partial charge in [0.1, 0.15) is 0 Å². The zero-order valence-electron chi connectivity index (χ0n) is 13.9.